The van der Waals surface area contributed by atoms with Crippen molar-refractivity contribution >= 4 is 5.69 Å². The zero-order chi connectivity index (χ0) is 9.97. The maximum absolute atomic E-state index is 8.74. The molecule has 1 aromatic carbocycles. The second-order valence-electron chi connectivity index (χ2n) is 3.49. The van der Waals surface area contributed by atoms with Crippen LogP contribution in [0.25, 0.3) is 0 Å². The van der Waals surface area contributed by atoms with Gasteiger partial charge in [0.2, 0.25) is 0 Å². The van der Waals surface area contributed by atoms with Crippen molar-refractivity contribution in [3.63, 3.8) is 0 Å². The van der Waals surface area contributed by atoms with E-state index in [9.17, 15) is 0 Å². The van der Waals surface area contributed by atoms with Crippen molar-refractivity contribution < 1.29 is 0 Å². The molecule has 0 aromatic heterocycles. The smallest absolute Gasteiger partial charge is 0.0991 e. The Bertz CT molecular complexity index is 405. The van der Waals surface area contributed by atoms with Gasteiger partial charge in [0.15, 0.2) is 0 Å². The van der Waals surface area contributed by atoms with Crippen LogP contribution >= 0.6 is 0 Å². The lowest BCUT2D eigenvalue weighted by Crippen LogP contribution is -2.19. The van der Waals surface area contributed by atoms with E-state index in [1.54, 1.807) is 0 Å². The molecule has 70 valence electrons. The van der Waals surface area contributed by atoms with Crippen LogP contribution in [0.5, 0.6) is 0 Å². The highest BCUT2D eigenvalue weighted by Crippen LogP contribution is 2.22. The van der Waals surface area contributed by atoms with Crippen molar-refractivity contribution in [3.8, 4) is 6.07 Å². The Morgan fingerprint density at radius 1 is 1.29 bits per heavy atom. The van der Waals surface area contributed by atoms with Crippen molar-refractivity contribution in [2.45, 2.75) is 6.92 Å². The van der Waals surface area contributed by atoms with Gasteiger partial charge in [-0.3, -0.25) is 0 Å². The normalized spacial score (nSPS) is 14.4. The summed E-state index contributed by atoms with van der Waals surface area (Å²) in [5.41, 5.74) is 3.14. The van der Waals surface area contributed by atoms with Crippen LogP contribution in [0.3, 0.4) is 0 Å². The second kappa shape index (κ2) is 3.55. The van der Waals surface area contributed by atoms with Crippen LogP contribution in [0.1, 0.15) is 11.1 Å². The molecule has 0 unspecified atom stereocenters. The van der Waals surface area contributed by atoms with Gasteiger partial charge in [0.25, 0.3) is 0 Å². The average Bonchev–Trinajstić information content (AvgIpc) is 2.70. The Kier molecular flexibility index (Phi) is 2.24. The first-order valence-corrected chi connectivity index (χ1v) is 4.72. The van der Waals surface area contributed by atoms with E-state index in [2.05, 4.69) is 30.0 Å². The lowest BCUT2D eigenvalue weighted by atomic mass is 10.1. The van der Waals surface area contributed by atoms with Gasteiger partial charge < -0.3 is 4.90 Å². The minimum atomic E-state index is 0.735. The summed E-state index contributed by atoms with van der Waals surface area (Å²) in [4.78, 5) is 2.29. The zero-order valence-electron chi connectivity index (χ0n) is 8.20. The monoisotopic (exact) mass is 184 g/mol. The topological polar surface area (TPSA) is 27.0 Å². The van der Waals surface area contributed by atoms with Gasteiger partial charge in [-0.25, -0.2) is 0 Å². The molecule has 0 bridgehead atoms. The molecule has 0 atom stereocenters. The SMILES string of the molecule is Cc1cc(C#N)ccc1N1CC=CC1. The van der Waals surface area contributed by atoms with Gasteiger partial charge in [-0.15, -0.1) is 0 Å². The molecule has 0 saturated heterocycles. The largest absolute Gasteiger partial charge is 0.364 e. The van der Waals surface area contributed by atoms with Crippen molar-refractivity contribution in [2.75, 3.05) is 18.0 Å². The van der Waals surface area contributed by atoms with E-state index in [0.29, 0.717) is 0 Å². The molecule has 1 aliphatic heterocycles. The molecule has 0 fully saturated rings. The molecule has 0 N–H and O–H groups in total. The maximum atomic E-state index is 8.74. The average molecular weight is 184 g/mol. The Balaban J connectivity index is 2.31. The third-order valence-corrected chi connectivity index (χ3v) is 2.48. The lowest BCUT2D eigenvalue weighted by molar-refractivity contribution is 0.997. The molecule has 0 spiro atoms. The van der Waals surface area contributed by atoms with Gasteiger partial charge in [0.1, 0.15) is 0 Å². The number of hydrogen-bond acceptors (Lipinski definition) is 2. The summed E-state index contributed by atoms with van der Waals surface area (Å²) in [6.07, 6.45) is 4.33. The highest BCUT2D eigenvalue weighted by molar-refractivity contribution is 5.57. The van der Waals surface area contributed by atoms with Gasteiger partial charge in [-0.05, 0) is 30.7 Å². The molecular formula is C12H12N2. The molecule has 0 aliphatic carbocycles. The molecule has 14 heavy (non-hydrogen) atoms. The Morgan fingerprint density at radius 2 is 2.00 bits per heavy atom. The second-order valence-corrected chi connectivity index (χ2v) is 3.49. The number of nitrogens with zero attached hydrogens (tertiary/aromatic N) is 2. The minimum Gasteiger partial charge on any atom is -0.364 e. The summed E-state index contributed by atoms with van der Waals surface area (Å²) < 4.78 is 0. The van der Waals surface area contributed by atoms with Crippen LogP contribution in [0.4, 0.5) is 5.69 Å². The van der Waals surface area contributed by atoms with Crippen LogP contribution in [-0.2, 0) is 0 Å². The Labute approximate surface area is 84.1 Å². The third-order valence-electron chi connectivity index (χ3n) is 2.48. The molecule has 2 rings (SSSR count). The molecule has 2 heteroatoms. The Morgan fingerprint density at radius 3 is 2.57 bits per heavy atom. The van der Waals surface area contributed by atoms with Crippen LogP contribution in [-0.4, -0.2) is 13.1 Å². The summed E-state index contributed by atoms with van der Waals surface area (Å²) in [6, 6.07) is 7.99. The molecule has 0 saturated carbocycles. The quantitative estimate of drug-likeness (QED) is 0.626. The van der Waals surface area contributed by atoms with E-state index >= 15 is 0 Å². The predicted octanol–water partition coefficient (Wildman–Crippen LogP) is 2.24. The fourth-order valence-corrected chi connectivity index (χ4v) is 1.75. The highest BCUT2D eigenvalue weighted by Gasteiger charge is 2.09. The fourth-order valence-electron chi connectivity index (χ4n) is 1.75. The van der Waals surface area contributed by atoms with Gasteiger partial charge >= 0.3 is 0 Å². The highest BCUT2D eigenvalue weighted by atomic mass is 15.1. The summed E-state index contributed by atoms with van der Waals surface area (Å²) in [7, 11) is 0. The van der Waals surface area contributed by atoms with Gasteiger partial charge in [0.05, 0.1) is 11.6 Å². The first-order valence-electron chi connectivity index (χ1n) is 4.72. The van der Waals surface area contributed by atoms with Crippen molar-refractivity contribution in [1.82, 2.24) is 0 Å². The molecular weight excluding hydrogens is 172 g/mol. The van der Waals surface area contributed by atoms with E-state index in [1.165, 1.54) is 11.3 Å². The predicted molar refractivity (Wildman–Crippen MR) is 57.2 cm³/mol. The van der Waals surface area contributed by atoms with Crippen molar-refractivity contribution in [1.29, 1.82) is 5.26 Å². The third kappa shape index (κ3) is 1.49. The first kappa shape index (κ1) is 8.83. The molecule has 1 aliphatic rings. The summed E-state index contributed by atoms with van der Waals surface area (Å²) >= 11 is 0. The minimum absolute atomic E-state index is 0.735. The number of rotatable bonds is 1. The molecule has 0 radical (unpaired) electrons. The van der Waals surface area contributed by atoms with E-state index in [0.717, 1.165) is 18.7 Å². The summed E-state index contributed by atoms with van der Waals surface area (Å²) in [5.74, 6) is 0. The van der Waals surface area contributed by atoms with Crippen molar-refractivity contribution in [2.24, 2.45) is 0 Å². The molecule has 1 heterocycles. The standard InChI is InChI=1S/C12H12N2/c1-10-8-11(9-13)4-5-12(10)14-6-2-3-7-14/h2-5,8H,6-7H2,1H3. The van der Waals surface area contributed by atoms with Gasteiger partial charge in [-0.2, -0.15) is 5.26 Å². The maximum Gasteiger partial charge on any atom is 0.0991 e. The van der Waals surface area contributed by atoms with Crippen LogP contribution < -0.4 is 4.90 Å². The van der Waals surface area contributed by atoms with Crippen LogP contribution in [0.2, 0.25) is 0 Å². The zero-order valence-corrected chi connectivity index (χ0v) is 8.20. The van der Waals surface area contributed by atoms with Crippen LogP contribution in [0, 0.1) is 18.3 Å². The fraction of sp³-hybridized carbons (Fsp3) is 0.250. The molecule has 2 nitrogen and oxygen atoms in total. The summed E-state index contributed by atoms with van der Waals surface area (Å²) in [6.45, 7) is 4.01. The Hall–Kier alpha value is -1.75. The van der Waals surface area contributed by atoms with E-state index in [-0.39, 0.29) is 0 Å². The van der Waals surface area contributed by atoms with Gasteiger partial charge in [-0.1, -0.05) is 12.2 Å². The first-order chi connectivity index (χ1) is 6.81. The van der Waals surface area contributed by atoms with Crippen molar-refractivity contribution in [3.05, 3.63) is 41.5 Å². The van der Waals surface area contributed by atoms with Gasteiger partial charge in [0, 0.05) is 18.8 Å². The summed E-state index contributed by atoms with van der Waals surface area (Å²) in [5, 5.41) is 8.74. The number of aryl methyl sites for hydroxylation is 1. The van der Waals surface area contributed by atoms with E-state index in [4.69, 9.17) is 5.26 Å². The number of benzene rings is 1. The van der Waals surface area contributed by atoms with E-state index in [1.807, 2.05) is 18.2 Å². The van der Waals surface area contributed by atoms with Crippen LogP contribution in [0.15, 0.2) is 30.4 Å². The number of anilines is 1. The number of nitriles is 1. The lowest BCUT2D eigenvalue weighted by Gasteiger charge is -2.19. The molecule has 0 amide bonds. The van der Waals surface area contributed by atoms with E-state index < -0.39 is 0 Å². The molecule has 1 aromatic rings. The number of hydrogen-bond donors (Lipinski definition) is 0.